The number of nitrogens with zero attached hydrogens (tertiary/aromatic N) is 1. The van der Waals surface area contributed by atoms with E-state index in [9.17, 15) is 4.79 Å². The van der Waals surface area contributed by atoms with Crippen molar-refractivity contribution in [2.75, 3.05) is 27.3 Å². The summed E-state index contributed by atoms with van der Waals surface area (Å²) in [4.78, 5) is 15.6. The van der Waals surface area contributed by atoms with Crippen LogP contribution >= 0.6 is 0 Å². The number of hydrogen-bond acceptors (Lipinski definition) is 4. The Bertz CT molecular complexity index is 566. The highest BCUT2D eigenvalue weighted by Gasteiger charge is 2.31. The van der Waals surface area contributed by atoms with Crippen molar-refractivity contribution in [3.8, 4) is 11.5 Å². The Morgan fingerprint density at radius 1 is 1.04 bits per heavy atom. The molecular formula is C20H29NO3. The van der Waals surface area contributed by atoms with Gasteiger partial charge < -0.3 is 9.47 Å². The van der Waals surface area contributed by atoms with Crippen molar-refractivity contribution in [1.82, 2.24) is 4.90 Å². The summed E-state index contributed by atoms with van der Waals surface area (Å²) in [6.07, 6.45) is 8.75. The van der Waals surface area contributed by atoms with Crippen molar-refractivity contribution >= 4 is 5.78 Å². The largest absolute Gasteiger partial charge is 0.497 e. The predicted molar refractivity (Wildman–Crippen MR) is 95.0 cm³/mol. The van der Waals surface area contributed by atoms with Crippen molar-refractivity contribution < 1.29 is 14.3 Å². The molecule has 0 N–H and O–H groups in total. The van der Waals surface area contributed by atoms with Gasteiger partial charge in [0.1, 0.15) is 11.5 Å². The molecule has 0 radical (unpaired) electrons. The third-order valence-electron chi connectivity index (χ3n) is 5.59. The molecule has 1 aliphatic heterocycles. The number of carbonyl (C=O) groups excluding carboxylic acids is 1. The molecule has 1 atom stereocenters. The van der Waals surface area contributed by atoms with Gasteiger partial charge in [-0.2, -0.15) is 0 Å². The highest BCUT2D eigenvalue weighted by Crippen LogP contribution is 2.32. The first kappa shape index (κ1) is 17.3. The number of piperidine rings is 1. The van der Waals surface area contributed by atoms with Gasteiger partial charge in [0, 0.05) is 24.6 Å². The Balaban J connectivity index is 1.72. The molecule has 2 aliphatic rings. The third-order valence-corrected chi connectivity index (χ3v) is 5.59. The second-order valence-corrected chi connectivity index (χ2v) is 7.06. The second-order valence-electron chi connectivity index (χ2n) is 7.06. The van der Waals surface area contributed by atoms with E-state index in [0.717, 1.165) is 31.7 Å². The molecule has 1 heterocycles. The predicted octanol–water partition coefficient (Wildman–Crippen LogP) is 3.93. The fourth-order valence-electron chi connectivity index (χ4n) is 4.22. The van der Waals surface area contributed by atoms with E-state index >= 15 is 0 Å². The van der Waals surface area contributed by atoms with Crippen LogP contribution in [-0.4, -0.2) is 44.0 Å². The summed E-state index contributed by atoms with van der Waals surface area (Å²) < 4.78 is 10.7. The number of benzene rings is 1. The van der Waals surface area contributed by atoms with Gasteiger partial charge in [-0.05, 0) is 44.4 Å². The maximum atomic E-state index is 13.1. The van der Waals surface area contributed by atoms with Crippen LogP contribution in [0.4, 0.5) is 0 Å². The molecule has 2 fully saturated rings. The quantitative estimate of drug-likeness (QED) is 0.766. The molecule has 0 spiro atoms. The van der Waals surface area contributed by atoms with E-state index in [4.69, 9.17) is 9.47 Å². The maximum Gasteiger partial charge on any atom is 0.170 e. The lowest BCUT2D eigenvalue weighted by molar-refractivity contribution is 0.0695. The molecule has 3 rings (SSSR count). The molecule has 0 amide bonds. The molecule has 0 aromatic heterocycles. The molecule has 24 heavy (non-hydrogen) atoms. The summed E-state index contributed by atoms with van der Waals surface area (Å²) >= 11 is 0. The van der Waals surface area contributed by atoms with Crippen molar-refractivity contribution in [2.24, 2.45) is 5.92 Å². The summed E-state index contributed by atoms with van der Waals surface area (Å²) in [5.74, 6) is 1.64. The molecule has 1 aromatic rings. The number of hydrogen-bond donors (Lipinski definition) is 0. The molecule has 1 unspecified atom stereocenters. The van der Waals surface area contributed by atoms with Crippen LogP contribution in [0, 0.1) is 5.92 Å². The van der Waals surface area contributed by atoms with E-state index in [1.165, 1.54) is 32.1 Å². The van der Waals surface area contributed by atoms with Gasteiger partial charge in [-0.3, -0.25) is 9.69 Å². The van der Waals surface area contributed by atoms with E-state index < -0.39 is 0 Å². The lowest BCUT2D eigenvalue weighted by Gasteiger charge is -2.39. The van der Waals surface area contributed by atoms with Gasteiger partial charge in [0.25, 0.3) is 0 Å². The van der Waals surface area contributed by atoms with Crippen LogP contribution in [0.1, 0.15) is 55.3 Å². The SMILES string of the molecule is COc1ccc(C(=O)C2CCCN(C3CCCCC3)C2)c(OC)c1. The smallest absolute Gasteiger partial charge is 0.170 e. The van der Waals surface area contributed by atoms with E-state index in [-0.39, 0.29) is 11.7 Å². The summed E-state index contributed by atoms with van der Waals surface area (Å²) in [6.45, 7) is 2.05. The first-order valence-corrected chi connectivity index (χ1v) is 9.23. The number of likely N-dealkylation sites (tertiary alicyclic amines) is 1. The number of rotatable bonds is 5. The topological polar surface area (TPSA) is 38.8 Å². The van der Waals surface area contributed by atoms with E-state index in [2.05, 4.69) is 4.90 Å². The van der Waals surface area contributed by atoms with Crippen molar-refractivity contribution in [1.29, 1.82) is 0 Å². The third kappa shape index (κ3) is 3.75. The molecule has 1 aromatic carbocycles. The number of Topliss-reactive ketones (excluding diaryl/α,β-unsaturated/α-hetero) is 1. The van der Waals surface area contributed by atoms with Crippen molar-refractivity contribution in [3.05, 3.63) is 23.8 Å². The summed E-state index contributed by atoms with van der Waals surface area (Å²) in [5.41, 5.74) is 0.689. The molecule has 4 nitrogen and oxygen atoms in total. The summed E-state index contributed by atoms with van der Waals surface area (Å²) in [6, 6.07) is 6.18. The minimum atomic E-state index is 0.0861. The second kappa shape index (κ2) is 8.02. The van der Waals surface area contributed by atoms with Gasteiger partial charge in [0.05, 0.1) is 19.8 Å². The first-order valence-electron chi connectivity index (χ1n) is 9.23. The highest BCUT2D eigenvalue weighted by atomic mass is 16.5. The van der Waals surface area contributed by atoms with Crippen LogP contribution < -0.4 is 9.47 Å². The van der Waals surface area contributed by atoms with E-state index in [0.29, 0.717) is 17.4 Å². The van der Waals surface area contributed by atoms with Crippen LogP contribution in [0.15, 0.2) is 18.2 Å². The number of ether oxygens (including phenoxy) is 2. The van der Waals surface area contributed by atoms with Crippen LogP contribution in [0.5, 0.6) is 11.5 Å². The van der Waals surface area contributed by atoms with Crippen LogP contribution in [0.2, 0.25) is 0 Å². The van der Waals surface area contributed by atoms with Crippen LogP contribution in [0.25, 0.3) is 0 Å². The summed E-state index contributed by atoms with van der Waals surface area (Å²) in [5, 5.41) is 0. The first-order chi connectivity index (χ1) is 11.7. The Morgan fingerprint density at radius 3 is 2.54 bits per heavy atom. The molecule has 0 bridgehead atoms. The zero-order chi connectivity index (χ0) is 16.9. The lowest BCUT2D eigenvalue weighted by atomic mass is 9.86. The monoisotopic (exact) mass is 331 g/mol. The van der Waals surface area contributed by atoms with Gasteiger partial charge in [-0.15, -0.1) is 0 Å². The maximum absolute atomic E-state index is 13.1. The molecule has 1 aliphatic carbocycles. The highest BCUT2D eigenvalue weighted by molar-refractivity contribution is 6.00. The molecule has 1 saturated carbocycles. The number of ketones is 1. The van der Waals surface area contributed by atoms with Gasteiger partial charge in [-0.25, -0.2) is 0 Å². The molecule has 132 valence electrons. The Morgan fingerprint density at radius 2 is 1.83 bits per heavy atom. The fraction of sp³-hybridized carbons (Fsp3) is 0.650. The van der Waals surface area contributed by atoms with E-state index in [1.54, 1.807) is 20.3 Å². The van der Waals surface area contributed by atoms with Crippen molar-refractivity contribution in [3.63, 3.8) is 0 Å². The lowest BCUT2D eigenvalue weighted by Crippen LogP contribution is -2.45. The average molecular weight is 331 g/mol. The van der Waals surface area contributed by atoms with Gasteiger partial charge in [0.15, 0.2) is 5.78 Å². The summed E-state index contributed by atoms with van der Waals surface area (Å²) in [7, 11) is 3.24. The van der Waals surface area contributed by atoms with Gasteiger partial charge in [-0.1, -0.05) is 19.3 Å². The zero-order valence-electron chi connectivity index (χ0n) is 14.9. The fourth-order valence-corrected chi connectivity index (χ4v) is 4.22. The molecule has 1 saturated heterocycles. The Labute approximate surface area is 145 Å². The zero-order valence-corrected chi connectivity index (χ0v) is 14.9. The van der Waals surface area contributed by atoms with E-state index in [1.807, 2.05) is 12.1 Å². The number of carbonyl (C=O) groups is 1. The van der Waals surface area contributed by atoms with Crippen LogP contribution in [-0.2, 0) is 0 Å². The van der Waals surface area contributed by atoms with Crippen molar-refractivity contribution in [2.45, 2.75) is 51.0 Å². The minimum absolute atomic E-state index is 0.0861. The van der Waals surface area contributed by atoms with Crippen LogP contribution in [0.3, 0.4) is 0 Å². The normalized spacial score (nSPS) is 23.0. The Kier molecular flexibility index (Phi) is 5.77. The minimum Gasteiger partial charge on any atom is -0.497 e. The number of methoxy groups -OCH3 is 2. The molecule has 4 heteroatoms. The van der Waals surface area contributed by atoms with Gasteiger partial charge in [0.2, 0.25) is 0 Å². The average Bonchev–Trinajstić information content (AvgIpc) is 2.67. The standard InChI is InChI=1S/C20H29NO3/c1-23-17-10-11-18(19(13-17)24-2)20(22)15-7-6-12-21(14-15)16-8-4-3-5-9-16/h10-11,13,15-16H,3-9,12,14H2,1-2H3. The Hall–Kier alpha value is -1.55. The van der Waals surface area contributed by atoms with Gasteiger partial charge >= 0.3 is 0 Å². The molecular weight excluding hydrogens is 302 g/mol.